The van der Waals surface area contributed by atoms with Crippen LogP contribution in [-0.4, -0.2) is 11.6 Å². The molecule has 1 aliphatic rings. The van der Waals surface area contributed by atoms with E-state index in [0.717, 1.165) is 0 Å². The predicted molar refractivity (Wildman–Crippen MR) is 63.5 cm³/mol. The van der Waals surface area contributed by atoms with Crippen LogP contribution in [0.5, 0.6) is 0 Å². The average Bonchev–Trinajstić information content (AvgIpc) is 2.46. The van der Waals surface area contributed by atoms with Crippen molar-refractivity contribution >= 4 is 0 Å². The second kappa shape index (κ2) is 5.51. The lowest BCUT2D eigenvalue weighted by molar-refractivity contribution is 0.283. The Morgan fingerprint density at radius 1 is 1.20 bits per heavy atom. The number of nitrogens with zero attached hydrogens (tertiary/aromatic N) is 1. The zero-order chi connectivity index (χ0) is 11.3. The van der Waals surface area contributed by atoms with Gasteiger partial charge in [0.05, 0.1) is 6.07 Å². The van der Waals surface area contributed by atoms with E-state index >= 15 is 0 Å². The van der Waals surface area contributed by atoms with E-state index in [2.05, 4.69) is 25.2 Å². The molecule has 0 spiro atoms. The predicted octanol–water partition coefficient (Wildman–Crippen LogP) is 3.24. The van der Waals surface area contributed by atoms with E-state index in [0.29, 0.717) is 12.0 Å². The van der Waals surface area contributed by atoms with Crippen LogP contribution in [0.4, 0.5) is 0 Å². The van der Waals surface area contributed by atoms with Gasteiger partial charge in [-0.25, -0.2) is 0 Å². The third-order valence-corrected chi connectivity index (χ3v) is 3.75. The summed E-state index contributed by atoms with van der Waals surface area (Å²) < 4.78 is 0. The van der Waals surface area contributed by atoms with Crippen LogP contribution in [0.3, 0.4) is 0 Å². The standard InChI is InChI=1S/C13H24N2/c1-11(2)13(3,10-14)15-12-8-6-4-5-7-9-12/h11-12,15H,4-9H2,1-3H3. The monoisotopic (exact) mass is 208 g/mol. The summed E-state index contributed by atoms with van der Waals surface area (Å²) >= 11 is 0. The van der Waals surface area contributed by atoms with Crippen molar-refractivity contribution in [3.63, 3.8) is 0 Å². The summed E-state index contributed by atoms with van der Waals surface area (Å²) in [6, 6.07) is 2.99. The Morgan fingerprint density at radius 3 is 2.13 bits per heavy atom. The first-order chi connectivity index (χ1) is 7.08. The highest BCUT2D eigenvalue weighted by molar-refractivity contribution is 5.07. The van der Waals surface area contributed by atoms with Crippen molar-refractivity contribution in [2.75, 3.05) is 0 Å². The molecule has 2 nitrogen and oxygen atoms in total. The van der Waals surface area contributed by atoms with Gasteiger partial charge in [-0.3, -0.25) is 5.32 Å². The van der Waals surface area contributed by atoms with Crippen LogP contribution in [0.25, 0.3) is 0 Å². The van der Waals surface area contributed by atoms with Gasteiger partial charge in [0.2, 0.25) is 0 Å². The van der Waals surface area contributed by atoms with Gasteiger partial charge in [0, 0.05) is 6.04 Å². The van der Waals surface area contributed by atoms with Crippen molar-refractivity contribution in [3.8, 4) is 6.07 Å². The molecule has 86 valence electrons. The molecule has 1 fully saturated rings. The highest BCUT2D eigenvalue weighted by Gasteiger charge is 2.30. The van der Waals surface area contributed by atoms with Gasteiger partial charge in [0.15, 0.2) is 0 Å². The lowest BCUT2D eigenvalue weighted by atomic mass is 9.88. The Balaban J connectivity index is 2.54. The summed E-state index contributed by atoms with van der Waals surface area (Å²) in [6.07, 6.45) is 7.84. The van der Waals surface area contributed by atoms with Crippen LogP contribution < -0.4 is 5.32 Å². The maximum Gasteiger partial charge on any atom is 0.106 e. The van der Waals surface area contributed by atoms with Gasteiger partial charge >= 0.3 is 0 Å². The fourth-order valence-corrected chi connectivity index (χ4v) is 2.18. The molecule has 0 heterocycles. The molecule has 1 saturated carbocycles. The van der Waals surface area contributed by atoms with Gasteiger partial charge in [0.25, 0.3) is 0 Å². The molecule has 0 aromatic rings. The van der Waals surface area contributed by atoms with Gasteiger partial charge in [-0.1, -0.05) is 39.5 Å². The second-order valence-corrected chi connectivity index (χ2v) is 5.30. The summed E-state index contributed by atoms with van der Waals surface area (Å²) in [5.41, 5.74) is -0.352. The van der Waals surface area contributed by atoms with Gasteiger partial charge in [-0.2, -0.15) is 5.26 Å². The zero-order valence-electron chi connectivity index (χ0n) is 10.3. The first kappa shape index (κ1) is 12.5. The number of rotatable bonds is 3. The summed E-state index contributed by atoms with van der Waals surface area (Å²) in [7, 11) is 0. The van der Waals surface area contributed by atoms with Crippen molar-refractivity contribution in [2.24, 2.45) is 5.92 Å². The molecule has 1 unspecified atom stereocenters. The van der Waals surface area contributed by atoms with E-state index < -0.39 is 0 Å². The molecule has 1 aliphatic carbocycles. The minimum atomic E-state index is -0.352. The van der Waals surface area contributed by atoms with Crippen LogP contribution in [0.2, 0.25) is 0 Å². The molecule has 0 aliphatic heterocycles. The van der Waals surface area contributed by atoms with Crippen LogP contribution in [0.15, 0.2) is 0 Å². The van der Waals surface area contributed by atoms with Crippen molar-refractivity contribution in [3.05, 3.63) is 0 Å². The number of nitriles is 1. The lowest BCUT2D eigenvalue weighted by Crippen LogP contribution is -2.50. The zero-order valence-corrected chi connectivity index (χ0v) is 10.3. The first-order valence-corrected chi connectivity index (χ1v) is 6.27. The smallest absolute Gasteiger partial charge is 0.106 e. The minimum Gasteiger partial charge on any atom is -0.297 e. The van der Waals surface area contributed by atoms with Crippen molar-refractivity contribution < 1.29 is 0 Å². The quantitative estimate of drug-likeness (QED) is 0.723. The molecular weight excluding hydrogens is 184 g/mol. The molecule has 1 atom stereocenters. The molecule has 15 heavy (non-hydrogen) atoms. The van der Waals surface area contributed by atoms with E-state index in [9.17, 15) is 5.26 Å². The van der Waals surface area contributed by atoms with Crippen molar-refractivity contribution in [1.29, 1.82) is 5.26 Å². The summed E-state index contributed by atoms with van der Waals surface area (Å²) in [5, 5.41) is 12.8. The molecular formula is C13H24N2. The number of nitrogens with one attached hydrogen (secondary N) is 1. The van der Waals surface area contributed by atoms with Crippen molar-refractivity contribution in [2.45, 2.75) is 70.9 Å². The Labute approximate surface area is 94.1 Å². The Kier molecular flexibility index (Phi) is 4.60. The molecule has 0 aromatic heterocycles. The maximum absolute atomic E-state index is 9.24. The van der Waals surface area contributed by atoms with E-state index in [-0.39, 0.29) is 5.54 Å². The molecule has 1 rings (SSSR count). The van der Waals surface area contributed by atoms with Gasteiger partial charge in [0.1, 0.15) is 5.54 Å². The highest BCUT2D eigenvalue weighted by Crippen LogP contribution is 2.22. The average molecular weight is 208 g/mol. The molecule has 0 aromatic carbocycles. The Hall–Kier alpha value is -0.550. The minimum absolute atomic E-state index is 0.352. The third kappa shape index (κ3) is 3.50. The lowest BCUT2D eigenvalue weighted by Gasteiger charge is -2.32. The number of hydrogen-bond donors (Lipinski definition) is 1. The Morgan fingerprint density at radius 2 is 1.73 bits per heavy atom. The topological polar surface area (TPSA) is 35.8 Å². The molecule has 0 bridgehead atoms. The normalized spacial score (nSPS) is 23.1. The van der Waals surface area contributed by atoms with Gasteiger partial charge in [-0.05, 0) is 25.7 Å². The molecule has 0 amide bonds. The van der Waals surface area contributed by atoms with Crippen LogP contribution in [-0.2, 0) is 0 Å². The SMILES string of the molecule is CC(C)C(C)(C#N)NC1CCCCCC1. The summed E-state index contributed by atoms with van der Waals surface area (Å²) in [4.78, 5) is 0. The van der Waals surface area contributed by atoms with Crippen LogP contribution >= 0.6 is 0 Å². The van der Waals surface area contributed by atoms with E-state index in [4.69, 9.17) is 0 Å². The first-order valence-electron chi connectivity index (χ1n) is 6.27. The molecule has 2 heteroatoms. The molecule has 0 saturated heterocycles. The van der Waals surface area contributed by atoms with E-state index in [1.165, 1.54) is 38.5 Å². The summed E-state index contributed by atoms with van der Waals surface area (Å²) in [5.74, 6) is 0.366. The number of hydrogen-bond acceptors (Lipinski definition) is 2. The van der Waals surface area contributed by atoms with Crippen LogP contribution in [0, 0.1) is 17.2 Å². The fraction of sp³-hybridized carbons (Fsp3) is 0.923. The third-order valence-electron chi connectivity index (χ3n) is 3.75. The van der Waals surface area contributed by atoms with Crippen molar-refractivity contribution in [1.82, 2.24) is 5.32 Å². The highest BCUT2D eigenvalue weighted by atomic mass is 15.0. The Bertz CT molecular complexity index is 221. The van der Waals surface area contributed by atoms with E-state index in [1.54, 1.807) is 0 Å². The molecule has 0 radical (unpaired) electrons. The second-order valence-electron chi connectivity index (χ2n) is 5.30. The largest absolute Gasteiger partial charge is 0.297 e. The van der Waals surface area contributed by atoms with Gasteiger partial charge < -0.3 is 0 Å². The van der Waals surface area contributed by atoms with Gasteiger partial charge in [-0.15, -0.1) is 0 Å². The fourth-order valence-electron chi connectivity index (χ4n) is 2.18. The van der Waals surface area contributed by atoms with E-state index in [1.807, 2.05) is 6.92 Å². The van der Waals surface area contributed by atoms with Crippen LogP contribution in [0.1, 0.15) is 59.3 Å². The summed E-state index contributed by atoms with van der Waals surface area (Å²) in [6.45, 7) is 6.27. The maximum atomic E-state index is 9.24. The molecule has 1 N–H and O–H groups in total.